The Hall–Kier alpha value is -2.55. The molecule has 1 saturated heterocycles. The van der Waals surface area contributed by atoms with Crippen molar-refractivity contribution in [3.63, 3.8) is 0 Å². The van der Waals surface area contributed by atoms with Crippen LogP contribution in [0.2, 0.25) is 0 Å². The molecular weight excluding hydrogens is 398 g/mol. The zero-order valence-electron chi connectivity index (χ0n) is 17.1. The fourth-order valence-electron chi connectivity index (χ4n) is 2.97. The first-order chi connectivity index (χ1) is 13.5. The molecule has 1 aliphatic heterocycles. The van der Waals surface area contributed by atoms with E-state index in [2.05, 4.69) is 5.32 Å². The van der Waals surface area contributed by atoms with Gasteiger partial charge in [-0.15, -0.1) is 0 Å². The molecule has 2 rings (SSSR count). The second kappa shape index (κ2) is 9.30. The molecule has 1 aliphatic rings. The lowest BCUT2D eigenvalue weighted by molar-refractivity contribution is -0.144. The van der Waals surface area contributed by atoms with Crippen molar-refractivity contribution >= 4 is 27.8 Å². The monoisotopic (exact) mass is 425 g/mol. The maximum Gasteiger partial charge on any atom is 0.331 e. The van der Waals surface area contributed by atoms with E-state index in [1.165, 1.54) is 19.3 Å². The van der Waals surface area contributed by atoms with Gasteiger partial charge >= 0.3 is 5.97 Å². The van der Waals surface area contributed by atoms with Crippen LogP contribution in [-0.2, 0) is 24.2 Å². The Morgan fingerprint density at radius 2 is 2.00 bits per heavy atom. The van der Waals surface area contributed by atoms with Crippen molar-refractivity contribution in [3.05, 3.63) is 29.8 Å². The van der Waals surface area contributed by atoms with Gasteiger partial charge in [0.15, 0.2) is 27.9 Å². The highest BCUT2D eigenvalue weighted by molar-refractivity contribution is 7.91. The first kappa shape index (κ1) is 22.7. The standard InChI is InChI=1S/C20H27NO7S/c1-14(2)28-16-7-5-15(11-17(16)26-4)6-8-19(23)27-12-18(22)21-20(3)9-10-29(24,25)13-20/h5-8,11,14H,9-10,12-13H2,1-4H3,(H,21,22)/b8-6+/t20-/m0/s1. The minimum absolute atomic E-state index is 0.00184. The van der Waals surface area contributed by atoms with E-state index < -0.39 is 33.9 Å². The summed E-state index contributed by atoms with van der Waals surface area (Å²) in [5, 5.41) is 2.63. The van der Waals surface area contributed by atoms with E-state index in [0.717, 1.165) is 0 Å². The minimum atomic E-state index is -3.14. The van der Waals surface area contributed by atoms with Gasteiger partial charge in [0.25, 0.3) is 5.91 Å². The van der Waals surface area contributed by atoms with Gasteiger partial charge in [-0.3, -0.25) is 4.79 Å². The van der Waals surface area contributed by atoms with Gasteiger partial charge in [-0.2, -0.15) is 0 Å². The predicted molar refractivity (Wildman–Crippen MR) is 109 cm³/mol. The number of amides is 1. The van der Waals surface area contributed by atoms with Crippen LogP contribution >= 0.6 is 0 Å². The number of sulfone groups is 1. The molecule has 1 atom stereocenters. The summed E-state index contributed by atoms with van der Waals surface area (Å²) in [5.41, 5.74) is -0.128. The third-order valence-corrected chi connectivity index (χ3v) is 6.16. The van der Waals surface area contributed by atoms with Crippen LogP contribution in [0.5, 0.6) is 11.5 Å². The van der Waals surface area contributed by atoms with E-state index in [-0.39, 0.29) is 17.6 Å². The minimum Gasteiger partial charge on any atom is -0.493 e. The van der Waals surface area contributed by atoms with Crippen LogP contribution in [0.3, 0.4) is 0 Å². The molecule has 8 nitrogen and oxygen atoms in total. The maximum absolute atomic E-state index is 12.0. The number of carbonyl (C=O) groups is 2. The summed E-state index contributed by atoms with van der Waals surface area (Å²) < 4.78 is 39.0. The van der Waals surface area contributed by atoms with Crippen LogP contribution in [0.4, 0.5) is 0 Å². The third kappa shape index (κ3) is 7.08. The first-order valence-corrected chi connectivity index (χ1v) is 11.0. The number of benzene rings is 1. The molecule has 1 heterocycles. The van der Waals surface area contributed by atoms with Gasteiger partial charge in [-0.1, -0.05) is 6.07 Å². The summed E-state index contributed by atoms with van der Waals surface area (Å²) >= 11 is 0. The van der Waals surface area contributed by atoms with Crippen molar-refractivity contribution in [3.8, 4) is 11.5 Å². The van der Waals surface area contributed by atoms with Gasteiger partial charge in [0, 0.05) is 6.08 Å². The lowest BCUT2D eigenvalue weighted by Gasteiger charge is -2.23. The van der Waals surface area contributed by atoms with Crippen molar-refractivity contribution in [2.45, 2.75) is 38.8 Å². The van der Waals surface area contributed by atoms with Gasteiger partial charge in [-0.05, 0) is 51.0 Å². The number of carbonyl (C=O) groups excluding carboxylic acids is 2. The van der Waals surface area contributed by atoms with Gasteiger partial charge in [0.1, 0.15) is 0 Å². The van der Waals surface area contributed by atoms with E-state index >= 15 is 0 Å². The number of rotatable bonds is 8. The second-order valence-electron chi connectivity index (χ2n) is 7.47. The fraction of sp³-hybridized carbons (Fsp3) is 0.500. The highest BCUT2D eigenvalue weighted by Gasteiger charge is 2.39. The summed E-state index contributed by atoms with van der Waals surface area (Å²) in [6, 6.07) is 5.22. The molecule has 9 heteroatoms. The number of esters is 1. The van der Waals surface area contributed by atoms with E-state index in [1.807, 2.05) is 13.8 Å². The molecule has 1 N–H and O–H groups in total. The van der Waals surface area contributed by atoms with Gasteiger partial charge in [-0.25, -0.2) is 13.2 Å². The SMILES string of the molecule is COc1cc(/C=C/C(=O)OCC(=O)N[C@@]2(C)CCS(=O)(=O)C2)ccc1OC(C)C. The second-order valence-corrected chi connectivity index (χ2v) is 9.65. The quantitative estimate of drug-likeness (QED) is 0.499. The van der Waals surface area contributed by atoms with E-state index in [4.69, 9.17) is 14.2 Å². The Morgan fingerprint density at radius 1 is 1.28 bits per heavy atom. The Balaban J connectivity index is 1.87. The van der Waals surface area contributed by atoms with Crippen molar-refractivity contribution in [2.24, 2.45) is 0 Å². The Labute approximate surface area is 171 Å². The summed E-state index contributed by atoms with van der Waals surface area (Å²) in [6.45, 7) is 5.00. The molecule has 0 spiro atoms. The molecule has 1 amide bonds. The van der Waals surface area contributed by atoms with Crippen molar-refractivity contribution in [1.29, 1.82) is 0 Å². The maximum atomic E-state index is 12.0. The molecule has 1 aromatic carbocycles. The average molecular weight is 426 g/mol. The van der Waals surface area contributed by atoms with E-state index in [9.17, 15) is 18.0 Å². The average Bonchev–Trinajstić information content (AvgIpc) is 2.91. The van der Waals surface area contributed by atoms with Crippen molar-refractivity contribution in [1.82, 2.24) is 5.32 Å². The molecule has 0 saturated carbocycles. The lowest BCUT2D eigenvalue weighted by atomic mass is 10.0. The third-order valence-electron chi connectivity index (χ3n) is 4.25. The van der Waals surface area contributed by atoms with Crippen LogP contribution < -0.4 is 14.8 Å². The molecule has 160 valence electrons. The zero-order valence-corrected chi connectivity index (χ0v) is 17.9. The topological polar surface area (TPSA) is 108 Å². The number of nitrogens with one attached hydrogen (secondary N) is 1. The highest BCUT2D eigenvalue weighted by atomic mass is 32.2. The number of ether oxygens (including phenoxy) is 3. The molecule has 0 aliphatic carbocycles. The van der Waals surface area contributed by atoms with Crippen LogP contribution in [0.15, 0.2) is 24.3 Å². The van der Waals surface area contributed by atoms with E-state index in [1.54, 1.807) is 25.1 Å². The molecule has 29 heavy (non-hydrogen) atoms. The molecule has 1 aromatic rings. The molecule has 0 bridgehead atoms. The van der Waals surface area contributed by atoms with Gasteiger partial charge in [0.05, 0.1) is 30.3 Å². The summed E-state index contributed by atoms with van der Waals surface area (Å²) in [5.74, 6) is -0.168. The first-order valence-electron chi connectivity index (χ1n) is 9.23. The van der Waals surface area contributed by atoms with Crippen LogP contribution in [0.1, 0.15) is 32.8 Å². The molecule has 0 aromatic heterocycles. The molecular formula is C20H27NO7S. The Bertz CT molecular complexity index is 892. The van der Waals surface area contributed by atoms with Crippen molar-refractivity contribution < 1.29 is 32.2 Å². The molecule has 1 fully saturated rings. The van der Waals surface area contributed by atoms with Gasteiger partial charge in [0.2, 0.25) is 0 Å². The fourth-order valence-corrected chi connectivity index (χ4v) is 5.06. The van der Waals surface area contributed by atoms with Crippen LogP contribution in [-0.4, -0.2) is 57.2 Å². The zero-order chi connectivity index (χ0) is 21.7. The summed E-state index contributed by atoms with van der Waals surface area (Å²) in [4.78, 5) is 23.8. The van der Waals surface area contributed by atoms with Crippen LogP contribution in [0.25, 0.3) is 6.08 Å². The van der Waals surface area contributed by atoms with Crippen LogP contribution in [0, 0.1) is 0 Å². The van der Waals surface area contributed by atoms with Gasteiger partial charge < -0.3 is 19.5 Å². The number of hydrogen-bond donors (Lipinski definition) is 1. The summed E-state index contributed by atoms with van der Waals surface area (Å²) in [7, 11) is -1.61. The van der Waals surface area contributed by atoms with Crippen molar-refractivity contribution in [2.75, 3.05) is 25.2 Å². The highest BCUT2D eigenvalue weighted by Crippen LogP contribution is 2.29. The molecule has 0 unspecified atom stereocenters. The number of hydrogen-bond acceptors (Lipinski definition) is 7. The lowest BCUT2D eigenvalue weighted by Crippen LogP contribution is -2.48. The smallest absolute Gasteiger partial charge is 0.331 e. The predicted octanol–water partition coefficient (Wildman–Crippen LogP) is 1.73. The van der Waals surface area contributed by atoms with E-state index in [0.29, 0.717) is 23.5 Å². The largest absolute Gasteiger partial charge is 0.493 e. The Morgan fingerprint density at radius 3 is 2.59 bits per heavy atom. The summed E-state index contributed by atoms with van der Waals surface area (Å²) in [6.07, 6.45) is 3.07. The number of methoxy groups -OCH3 is 1. The Kier molecular flexibility index (Phi) is 7.29. The normalized spacial score (nSPS) is 20.6. The molecule has 0 radical (unpaired) electrons.